The second kappa shape index (κ2) is 18.6. The van der Waals surface area contributed by atoms with E-state index in [2.05, 4.69) is 10.6 Å². The van der Waals surface area contributed by atoms with E-state index in [1.165, 1.54) is 0 Å². The highest BCUT2D eigenvalue weighted by Crippen LogP contribution is 2.45. The van der Waals surface area contributed by atoms with Gasteiger partial charge >= 0.3 is 19.7 Å². The highest BCUT2D eigenvalue weighted by molar-refractivity contribution is 7.52. The molecule has 236 valence electrons. The minimum Gasteiger partial charge on any atom is -0.480 e. The number of ether oxygens (including phenoxy) is 1. The van der Waals surface area contributed by atoms with E-state index in [1.54, 1.807) is 30.3 Å². The summed E-state index contributed by atoms with van der Waals surface area (Å²) in [6.07, 6.45) is 0.655. The van der Waals surface area contributed by atoms with Crippen molar-refractivity contribution in [1.29, 1.82) is 0 Å². The quantitative estimate of drug-likeness (QED) is 0.101. The van der Waals surface area contributed by atoms with Crippen LogP contribution in [0.3, 0.4) is 0 Å². The zero-order chi connectivity index (χ0) is 31.6. The molecule has 2 amide bonds. The van der Waals surface area contributed by atoms with Crippen LogP contribution in [0.1, 0.15) is 48.8 Å². The number of aliphatic carboxylic acids is 1. The number of amides is 2. The van der Waals surface area contributed by atoms with Crippen LogP contribution >= 0.6 is 7.60 Å². The first-order valence-corrected chi connectivity index (χ1v) is 16.5. The number of hydrogen-bond donors (Lipinski definition) is 4. The number of rotatable bonds is 19. The average Bonchev–Trinajstić information content (AvgIpc) is 3.02. The summed E-state index contributed by atoms with van der Waals surface area (Å²) in [5, 5.41) is 14.9. The van der Waals surface area contributed by atoms with Crippen molar-refractivity contribution in [1.82, 2.24) is 10.6 Å². The molecule has 3 aromatic rings. The van der Waals surface area contributed by atoms with Crippen LogP contribution in [0.25, 0.3) is 0 Å². The van der Waals surface area contributed by atoms with Gasteiger partial charge in [-0.15, -0.1) is 0 Å². The number of nitrogens with one attached hydrogen (secondary N) is 2. The van der Waals surface area contributed by atoms with Gasteiger partial charge in [-0.25, -0.2) is 9.59 Å². The zero-order valence-electron chi connectivity index (χ0n) is 24.7. The highest BCUT2D eigenvalue weighted by Gasteiger charge is 2.31. The number of carbonyl (C=O) groups excluding carboxylic acids is 2. The minimum absolute atomic E-state index is 0.0416. The van der Waals surface area contributed by atoms with Gasteiger partial charge in [-0.3, -0.25) is 13.9 Å². The molecule has 0 bridgehead atoms. The van der Waals surface area contributed by atoms with Gasteiger partial charge in [0.05, 0.1) is 6.16 Å². The van der Waals surface area contributed by atoms with Crippen molar-refractivity contribution in [3.05, 3.63) is 108 Å². The van der Waals surface area contributed by atoms with Gasteiger partial charge in [-0.1, -0.05) is 91.0 Å². The third-order valence-electron chi connectivity index (χ3n) is 6.86. The van der Waals surface area contributed by atoms with E-state index in [-0.39, 0.29) is 32.2 Å². The molecule has 0 spiro atoms. The van der Waals surface area contributed by atoms with Gasteiger partial charge in [0.2, 0.25) is 5.91 Å². The normalized spacial score (nSPS) is 13.7. The summed E-state index contributed by atoms with van der Waals surface area (Å²) in [5.74, 6) is -2.01. The smallest absolute Gasteiger partial charge is 0.407 e. The van der Waals surface area contributed by atoms with Gasteiger partial charge in [0.25, 0.3) is 0 Å². The van der Waals surface area contributed by atoms with Crippen molar-refractivity contribution in [2.75, 3.05) is 12.7 Å². The Labute approximate surface area is 258 Å². The van der Waals surface area contributed by atoms with Crippen molar-refractivity contribution in [3.63, 3.8) is 0 Å². The molecule has 1 unspecified atom stereocenters. The predicted molar refractivity (Wildman–Crippen MR) is 167 cm³/mol. The zero-order valence-corrected chi connectivity index (χ0v) is 25.6. The van der Waals surface area contributed by atoms with Crippen LogP contribution in [0.5, 0.6) is 0 Å². The summed E-state index contributed by atoms with van der Waals surface area (Å²) < 4.78 is 23.7. The van der Waals surface area contributed by atoms with Crippen LogP contribution in [0.15, 0.2) is 91.0 Å². The van der Waals surface area contributed by atoms with E-state index in [1.807, 2.05) is 60.7 Å². The summed E-state index contributed by atoms with van der Waals surface area (Å²) >= 11 is 0. The minimum atomic E-state index is -4.17. The maximum Gasteiger partial charge on any atom is 0.407 e. The largest absolute Gasteiger partial charge is 0.480 e. The van der Waals surface area contributed by atoms with Gasteiger partial charge in [-0.05, 0) is 55.2 Å². The molecule has 0 aliphatic heterocycles. The summed E-state index contributed by atoms with van der Waals surface area (Å²) in [6, 6.07) is 26.6. The molecule has 4 N–H and O–H groups in total. The molecule has 0 saturated carbocycles. The van der Waals surface area contributed by atoms with E-state index in [9.17, 15) is 28.9 Å². The van der Waals surface area contributed by atoms with Crippen molar-refractivity contribution in [2.24, 2.45) is 0 Å². The number of unbranched alkanes of at least 4 members (excludes halogenated alkanes) is 2. The number of carboxylic acids is 1. The maximum atomic E-state index is 13.2. The maximum absolute atomic E-state index is 13.2. The lowest BCUT2D eigenvalue weighted by Crippen LogP contribution is -2.47. The molecule has 44 heavy (non-hydrogen) atoms. The third kappa shape index (κ3) is 13.5. The lowest BCUT2D eigenvalue weighted by atomic mass is 10.1. The fraction of sp³-hybridized carbons (Fsp3) is 0.364. The Morgan fingerprint density at radius 1 is 0.773 bits per heavy atom. The standard InChI is InChI=1S/C33H41N2O8P/c36-31(35-29(32(37)38)24-27-17-6-2-7-18-27)30(43-44(40,41)23-13-11-16-26-14-4-1-5-15-26)21-10-12-22-34-33(39)42-25-28-19-8-3-9-20-28/h1-9,14-15,17-20,29-30H,10-13,16,21-25H2,(H,34,39)(H,35,36)(H,37,38)(H,40,41)/t29-,30-/m0/s1. The van der Waals surface area contributed by atoms with Crippen LogP contribution in [0, 0.1) is 0 Å². The number of aryl methyl sites for hydroxylation is 1. The first-order chi connectivity index (χ1) is 21.2. The lowest BCUT2D eigenvalue weighted by Gasteiger charge is -2.23. The molecule has 11 heteroatoms. The first kappa shape index (κ1) is 34.5. The van der Waals surface area contributed by atoms with E-state index >= 15 is 0 Å². The number of benzene rings is 3. The Balaban J connectivity index is 1.52. The van der Waals surface area contributed by atoms with E-state index < -0.39 is 37.7 Å². The number of alkyl carbamates (subject to hydrolysis) is 1. The van der Waals surface area contributed by atoms with Crippen LogP contribution in [0.2, 0.25) is 0 Å². The van der Waals surface area contributed by atoms with Crippen LogP contribution < -0.4 is 10.6 Å². The molecular weight excluding hydrogens is 583 g/mol. The van der Waals surface area contributed by atoms with E-state index in [0.717, 1.165) is 17.5 Å². The van der Waals surface area contributed by atoms with E-state index in [4.69, 9.17) is 9.26 Å². The van der Waals surface area contributed by atoms with Gasteiger partial charge < -0.3 is 25.4 Å². The first-order valence-electron chi connectivity index (χ1n) is 14.8. The lowest BCUT2D eigenvalue weighted by molar-refractivity contribution is -0.143. The molecule has 3 rings (SSSR count). The van der Waals surface area contributed by atoms with Crippen molar-refractivity contribution in [3.8, 4) is 0 Å². The van der Waals surface area contributed by atoms with Crippen LogP contribution in [-0.2, 0) is 42.9 Å². The second-order valence-corrected chi connectivity index (χ2v) is 12.4. The average molecular weight is 625 g/mol. The molecule has 10 nitrogen and oxygen atoms in total. The van der Waals surface area contributed by atoms with Gasteiger partial charge in [0.15, 0.2) is 0 Å². The molecule has 0 aliphatic carbocycles. The molecule has 0 aliphatic rings. The van der Waals surface area contributed by atoms with Gasteiger partial charge in [0, 0.05) is 13.0 Å². The predicted octanol–water partition coefficient (Wildman–Crippen LogP) is 5.49. The fourth-order valence-corrected chi connectivity index (χ4v) is 5.83. The SMILES string of the molecule is O=C(NCCCC[C@H](OP(=O)(O)CCCCc1ccccc1)C(=O)N[C@@H](Cc1ccccc1)C(=O)O)OCc1ccccc1. The van der Waals surface area contributed by atoms with Gasteiger partial charge in [-0.2, -0.15) is 0 Å². The number of hydrogen-bond acceptors (Lipinski definition) is 6. The Kier molecular flexibility index (Phi) is 14.6. The molecule has 0 radical (unpaired) electrons. The van der Waals surface area contributed by atoms with Crippen molar-refractivity contribution in [2.45, 2.75) is 63.7 Å². The Hall–Kier alpha value is -3.98. The molecule has 0 saturated heterocycles. The summed E-state index contributed by atoms with van der Waals surface area (Å²) in [4.78, 5) is 47.8. The van der Waals surface area contributed by atoms with Crippen LogP contribution in [0.4, 0.5) is 4.79 Å². The van der Waals surface area contributed by atoms with Crippen molar-refractivity contribution >= 4 is 25.6 Å². The fourth-order valence-electron chi connectivity index (χ4n) is 4.50. The Morgan fingerprint density at radius 2 is 1.36 bits per heavy atom. The summed E-state index contributed by atoms with van der Waals surface area (Å²) in [6.45, 7) is 0.387. The number of carbonyl (C=O) groups is 3. The Morgan fingerprint density at radius 3 is 1.98 bits per heavy atom. The highest BCUT2D eigenvalue weighted by atomic mass is 31.2. The van der Waals surface area contributed by atoms with E-state index in [0.29, 0.717) is 31.2 Å². The summed E-state index contributed by atoms with van der Waals surface area (Å²) in [7, 11) is -4.17. The topological polar surface area (TPSA) is 151 Å². The Bertz CT molecular complexity index is 1340. The second-order valence-electron chi connectivity index (χ2n) is 10.5. The van der Waals surface area contributed by atoms with Crippen LogP contribution in [-0.4, -0.2) is 52.8 Å². The number of carboxylic acid groups (broad SMARTS) is 1. The molecule has 3 aromatic carbocycles. The summed E-state index contributed by atoms with van der Waals surface area (Å²) in [5.41, 5.74) is 2.69. The monoisotopic (exact) mass is 624 g/mol. The molecule has 0 aromatic heterocycles. The molecule has 0 fully saturated rings. The van der Waals surface area contributed by atoms with Gasteiger partial charge in [0.1, 0.15) is 18.8 Å². The molecule has 0 heterocycles. The third-order valence-corrected chi connectivity index (χ3v) is 8.32. The van der Waals surface area contributed by atoms with Crippen molar-refractivity contribution < 1.29 is 38.2 Å². The molecular formula is C33H41N2O8P. The molecule has 3 atom stereocenters.